The van der Waals surface area contributed by atoms with E-state index in [0.717, 1.165) is 5.56 Å². The van der Waals surface area contributed by atoms with E-state index in [4.69, 9.17) is 9.47 Å². The lowest BCUT2D eigenvalue weighted by molar-refractivity contribution is -0.287. The Bertz CT molecular complexity index is 369. The maximum absolute atomic E-state index is 9.84. The molecule has 1 aromatic rings. The summed E-state index contributed by atoms with van der Waals surface area (Å²) in [4.78, 5) is 0. The highest BCUT2D eigenvalue weighted by Crippen LogP contribution is 2.23. The number of hydrogen-bond acceptors (Lipinski definition) is 5. The molecule has 1 fully saturated rings. The quantitative estimate of drug-likeness (QED) is 0.709. The lowest BCUT2D eigenvalue weighted by atomic mass is 10.00. The summed E-state index contributed by atoms with van der Waals surface area (Å²) in [5.74, 6) is 0. The Morgan fingerprint density at radius 3 is 2.44 bits per heavy atom. The molecule has 0 aromatic heterocycles. The Morgan fingerprint density at radius 2 is 1.78 bits per heavy atom. The maximum Gasteiger partial charge on any atom is 0.183 e. The molecule has 2 rings (SSSR count). The van der Waals surface area contributed by atoms with Crippen molar-refractivity contribution in [1.82, 2.24) is 0 Å². The molecule has 0 aliphatic carbocycles. The van der Waals surface area contributed by atoms with E-state index >= 15 is 0 Å². The van der Waals surface area contributed by atoms with Crippen LogP contribution in [0.15, 0.2) is 30.3 Å². The van der Waals surface area contributed by atoms with Gasteiger partial charge in [-0.2, -0.15) is 0 Å². The van der Waals surface area contributed by atoms with E-state index in [-0.39, 0.29) is 0 Å². The summed E-state index contributed by atoms with van der Waals surface area (Å²) in [7, 11) is 0. The average Bonchev–Trinajstić information content (AvgIpc) is 2.37. The first-order valence-electron chi connectivity index (χ1n) is 5.95. The highest BCUT2D eigenvalue weighted by Gasteiger charge is 2.42. The third-order valence-electron chi connectivity index (χ3n) is 3.08. The summed E-state index contributed by atoms with van der Waals surface area (Å²) < 4.78 is 10.7. The maximum atomic E-state index is 9.84. The fraction of sp³-hybridized carbons (Fsp3) is 0.538. The van der Waals surface area contributed by atoms with Gasteiger partial charge in [-0.25, -0.2) is 0 Å². The second-order valence-corrected chi connectivity index (χ2v) is 4.47. The Hall–Kier alpha value is -0.980. The third kappa shape index (κ3) is 2.88. The van der Waals surface area contributed by atoms with Crippen LogP contribution in [0.4, 0.5) is 0 Å². The minimum atomic E-state index is -1.37. The first-order chi connectivity index (χ1) is 8.59. The van der Waals surface area contributed by atoms with Crippen LogP contribution in [-0.4, -0.2) is 46.0 Å². The number of aliphatic hydroxyl groups is 3. The molecule has 3 N–H and O–H groups in total. The molecule has 1 aliphatic rings. The van der Waals surface area contributed by atoms with Crippen molar-refractivity contribution in [2.24, 2.45) is 0 Å². The van der Waals surface area contributed by atoms with Crippen molar-refractivity contribution >= 4 is 0 Å². The SMILES string of the molecule is C[C@H]1O[C@H](O)[C@@H](O)[C@@H](O)[C@@H]1OCc1ccccc1. The molecule has 0 saturated carbocycles. The van der Waals surface area contributed by atoms with Crippen LogP contribution < -0.4 is 0 Å². The zero-order valence-corrected chi connectivity index (χ0v) is 10.1. The van der Waals surface area contributed by atoms with E-state index in [1.807, 2.05) is 30.3 Å². The number of hydrogen-bond donors (Lipinski definition) is 3. The molecule has 5 atom stereocenters. The van der Waals surface area contributed by atoms with Gasteiger partial charge < -0.3 is 24.8 Å². The van der Waals surface area contributed by atoms with Crippen LogP contribution in [0.2, 0.25) is 0 Å². The van der Waals surface area contributed by atoms with Crippen molar-refractivity contribution in [1.29, 1.82) is 0 Å². The van der Waals surface area contributed by atoms with Crippen molar-refractivity contribution in [2.75, 3.05) is 0 Å². The summed E-state index contributed by atoms with van der Waals surface area (Å²) in [6.07, 6.45) is -5.02. The van der Waals surface area contributed by atoms with Crippen LogP contribution in [0.1, 0.15) is 12.5 Å². The van der Waals surface area contributed by atoms with Crippen molar-refractivity contribution in [3.8, 4) is 0 Å². The van der Waals surface area contributed by atoms with E-state index in [1.165, 1.54) is 0 Å². The first kappa shape index (κ1) is 13.5. The van der Waals surface area contributed by atoms with E-state index in [2.05, 4.69) is 0 Å². The Kier molecular flexibility index (Phi) is 4.31. The molecule has 0 amide bonds. The zero-order chi connectivity index (χ0) is 13.1. The predicted molar refractivity (Wildman–Crippen MR) is 63.6 cm³/mol. The van der Waals surface area contributed by atoms with Crippen LogP contribution >= 0.6 is 0 Å². The van der Waals surface area contributed by atoms with Gasteiger partial charge in [-0.15, -0.1) is 0 Å². The predicted octanol–water partition coefficient (Wildman–Crippen LogP) is 0.0307. The van der Waals surface area contributed by atoms with Gasteiger partial charge in [0.25, 0.3) is 0 Å². The Labute approximate surface area is 106 Å². The molecule has 1 heterocycles. The van der Waals surface area contributed by atoms with Gasteiger partial charge in [0, 0.05) is 0 Å². The second kappa shape index (κ2) is 5.77. The summed E-state index contributed by atoms with van der Waals surface area (Å²) in [5, 5.41) is 28.7. The standard InChI is InChI=1S/C13H18O5/c1-8-12(10(14)11(15)13(16)18-8)17-7-9-5-3-2-4-6-9/h2-6,8,10-16H,7H2,1H3/t8-,10-,11+,12-,13+/m1/s1. The highest BCUT2D eigenvalue weighted by atomic mass is 16.6. The van der Waals surface area contributed by atoms with Gasteiger partial charge in [0.15, 0.2) is 6.29 Å². The van der Waals surface area contributed by atoms with E-state index in [0.29, 0.717) is 6.61 Å². The molecule has 5 nitrogen and oxygen atoms in total. The summed E-state index contributed by atoms with van der Waals surface area (Å²) in [6, 6.07) is 9.52. The highest BCUT2D eigenvalue weighted by molar-refractivity contribution is 5.13. The van der Waals surface area contributed by atoms with Crippen LogP contribution in [0.25, 0.3) is 0 Å². The number of benzene rings is 1. The first-order valence-corrected chi connectivity index (χ1v) is 5.95. The number of aliphatic hydroxyl groups excluding tert-OH is 3. The van der Waals surface area contributed by atoms with Crippen molar-refractivity contribution < 1.29 is 24.8 Å². The molecular formula is C13H18O5. The van der Waals surface area contributed by atoms with Gasteiger partial charge >= 0.3 is 0 Å². The molecule has 1 saturated heterocycles. The van der Waals surface area contributed by atoms with Crippen LogP contribution in [0.5, 0.6) is 0 Å². The molecular weight excluding hydrogens is 236 g/mol. The fourth-order valence-electron chi connectivity index (χ4n) is 2.02. The molecule has 0 unspecified atom stereocenters. The second-order valence-electron chi connectivity index (χ2n) is 4.47. The van der Waals surface area contributed by atoms with E-state index < -0.39 is 30.7 Å². The topological polar surface area (TPSA) is 79.2 Å². The third-order valence-corrected chi connectivity index (χ3v) is 3.08. The number of ether oxygens (including phenoxy) is 2. The monoisotopic (exact) mass is 254 g/mol. The summed E-state index contributed by atoms with van der Waals surface area (Å²) >= 11 is 0. The van der Waals surface area contributed by atoms with Gasteiger partial charge in [-0.05, 0) is 12.5 Å². The van der Waals surface area contributed by atoms with Crippen LogP contribution in [0, 0.1) is 0 Å². The van der Waals surface area contributed by atoms with Crippen molar-refractivity contribution in [3.05, 3.63) is 35.9 Å². The largest absolute Gasteiger partial charge is 0.387 e. The van der Waals surface area contributed by atoms with Crippen LogP contribution in [-0.2, 0) is 16.1 Å². The van der Waals surface area contributed by atoms with E-state index in [9.17, 15) is 15.3 Å². The van der Waals surface area contributed by atoms with Crippen LogP contribution in [0.3, 0.4) is 0 Å². The Balaban J connectivity index is 1.96. The summed E-state index contributed by atoms with van der Waals surface area (Å²) in [6.45, 7) is 2.01. The van der Waals surface area contributed by atoms with Crippen molar-refractivity contribution in [3.63, 3.8) is 0 Å². The molecule has 0 radical (unpaired) electrons. The lowest BCUT2D eigenvalue weighted by Gasteiger charge is -2.39. The van der Waals surface area contributed by atoms with Gasteiger partial charge in [0.1, 0.15) is 18.3 Å². The molecule has 0 bridgehead atoms. The van der Waals surface area contributed by atoms with Crippen molar-refractivity contribution in [2.45, 2.75) is 44.2 Å². The average molecular weight is 254 g/mol. The number of rotatable bonds is 3. The summed E-state index contributed by atoms with van der Waals surface area (Å²) in [5.41, 5.74) is 0.970. The van der Waals surface area contributed by atoms with Gasteiger partial charge in [-0.1, -0.05) is 30.3 Å². The van der Waals surface area contributed by atoms with Gasteiger partial charge in [0.2, 0.25) is 0 Å². The minimum absolute atomic E-state index is 0.319. The normalized spacial score (nSPS) is 36.6. The molecule has 100 valence electrons. The van der Waals surface area contributed by atoms with Gasteiger partial charge in [-0.3, -0.25) is 0 Å². The lowest BCUT2D eigenvalue weighted by Crippen LogP contribution is -2.57. The molecule has 5 heteroatoms. The zero-order valence-electron chi connectivity index (χ0n) is 10.1. The molecule has 1 aromatic carbocycles. The minimum Gasteiger partial charge on any atom is -0.387 e. The van der Waals surface area contributed by atoms with Gasteiger partial charge in [0.05, 0.1) is 12.7 Å². The van der Waals surface area contributed by atoms with E-state index in [1.54, 1.807) is 6.92 Å². The molecule has 18 heavy (non-hydrogen) atoms. The molecule has 0 spiro atoms. The fourth-order valence-corrected chi connectivity index (χ4v) is 2.02. The smallest absolute Gasteiger partial charge is 0.183 e. The Morgan fingerprint density at radius 1 is 1.11 bits per heavy atom. The molecule has 1 aliphatic heterocycles.